The normalized spacial score (nSPS) is 12.7. The fraction of sp³-hybridized carbons (Fsp3) is 0.320. The number of hydrogen-bond donors (Lipinski definition) is 3. The van der Waals surface area contributed by atoms with Crippen LogP contribution in [0.1, 0.15) is 37.3 Å². The molecule has 0 saturated heterocycles. The first kappa shape index (κ1) is 22.9. The second-order valence-electron chi connectivity index (χ2n) is 7.98. The molecule has 166 valence electrons. The number of carboxylic acids is 1. The number of alkyl carbamates (subject to hydrolysis) is 1. The Labute approximate surface area is 187 Å². The average Bonchev–Trinajstić information content (AvgIpc) is 3.08. The summed E-state index contributed by atoms with van der Waals surface area (Å²) in [5, 5.41) is 13.7. The molecule has 1 aliphatic rings. The van der Waals surface area contributed by atoms with E-state index < -0.39 is 24.0 Å². The largest absolute Gasteiger partial charge is 0.472 e. The first-order valence-corrected chi connectivity index (χ1v) is 10.5. The van der Waals surface area contributed by atoms with Crippen molar-refractivity contribution in [2.75, 3.05) is 13.2 Å². The highest BCUT2D eigenvalue weighted by Gasteiger charge is 2.29. The Kier molecular flexibility index (Phi) is 7.50. The monoisotopic (exact) mass is 434 g/mol. The third-order valence-electron chi connectivity index (χ3n) is 5.21. The van der Waals surface area contributed by atoms with Crippen LogP contribution in [0.2, 0.25) is 0 Å². The number of rotatable bonds is 7. The van der Waals surface area contributed by atoms with Gasteiger partial charge in [0.1, 0.15) is 12.6 Å². The first-order valence-electron chi connectivity index (χ1n) is 10.5. The van der Waals surface area contributed by atoms with E-state index in [1.54, 1.807) is 0 Å². The molecule has 0 aromatic heterocycles. The van der Waals surface area contributed by atoms with E-state index in [4.69, 9.17) is 9.84 Å². The number of carboxylic acid groups (broad SMARTS) is 1. The van der Waals surface area contributed by atoms with Crippen LogP contribution in [-0.2, 0) is 14.3 Å². The van der Waals surface area contributed by atoms with Gasteiger partial charge in [-0.3, -0.25) is 4.79 Å². The summed E-state index contributed by atoms with van der Waals surface area (Å²) in [5.41, 5.74) is 4.48. The van der Waals surface area contributed by atoms with Crippen molar-refractivity contribution in [1.82, 2.24) is 10.6 Å². The topological polar surface area (TPSA) is 105 Å². The van der Waals surface area contributed by atoms with Gasteiger partial charge in [-0.1, -0.05) is 68.3 Å². The minimum atomic E-state index is -1.27. The Bertz CT molecular complexity index is 1020. The van der Waals surface area contributed by atoms with Crippen LogP contribution in [0.4, 0.5) is 4.79 Å². The summed E-state index contributed by atoms with van der Waals surface area (Å²) >= 11 is 0. The van der Waals surface area contributed by atoms with Crippen molar-refractivity contribution in [1.29, 1.82) is 0 Å². The van der Waals surface area contributed by atoms with Gasteiger partial charge < -0.3 is 20.5 Å². The van der Waals surface area contributed by atoms with Crippen LogP contribution in [0.5, 0.6) is 0 Å². The molecule has 2 amide bonds. The molecule has 0 heterocycles. The molecule has 2 aromatic rings. The number of fused-ring (bicyclic) bond motifs is 3. The van der Waals surface area contributed by atoms with E-state index in [1.807, 2.05) is 56.2 Å². The smallest absolute Gasteiger partial charge is 0.407 e. The van der Waals surface area contributed by atoms with Crippen LogP contribution < -0.4 is 10.6 Å². The van der Waals surface area contributed by atoms with Crippen molar-refractivity contribution in [2.45, 2.75) is 32.2 Å². The lowest BCUT2D eigenvalue weighted by Crippen LogP contribution is -2.47. The summed E-state index contributed by atoms with van der Waals surface area (Å²) < 4.78 is 5.52. The number of hydrogen-bond acceptors (Lipinski definition) is 4. The fourth-order valence-corrected chi connectivity index (χ4v) is 3.86. The average molecular weight is 434 g/mol. The molecule has 1 unspecified atom stereocenters. The molecule has 0 aliphatic heterocycles. The Morgan fingerprint density at radius 2 is 1.62 bits per heavy atom. The van der Waals surface area contributed by atoms with Gasteiger partial charge in [0.25, 0.3) is 0 Å². The second-order valence-corrected chi connectivity index (χ2v) is 7.98. The minimum Gasteiger partial charge on any atom is -0.472 e. The van der Waals surface area contributed by atoms with Crippen molar-refractivity contribution in [2.24, 2.45) is 5.92 Å². The lowest BCUT2D eigenvalue weighted by atomic mass is 9.98. The number of benzene rings is 2. The number of nitrogens with one attached hydrogen (secondary N) is 2. The second kappa shape index (κ2) is 10.5. The Morgan fingerprint density at radius 3 is 2.19 bits per heavy atom. The van der Waals surface area contributed by atoms with Gasteiger partial charge in [0.2, 0.25) is 5.91 Å². The van der Waals surface area contributed by atoms with Crippen LogP contribution in [0, 0.1) is 17.8 Å². The lowest BCUT2D eigenvalue weighted by Gasteiger charge is -2.20. The van der Waals surface area contributed by atoms with Crippen molar-refractivity contribution in [3.63, 3.8) is 0 Å². The third kappa shape index (κ3) is 5.67. The molecule has 1 aliphatic carbocycles. The van der Waals surface area contributed by atoms with Gasteiger partial charge in [0.05, 0.1) is 6.54 Å². The molecule has 7 nitrogen and oxygen atoms in total. The fourth-order valence-electron chi connectivity index (χ4n) is 3.86. The number of ether oxygens (including phenoxy) is 1. The molecular weight excluding hydrogens is 408 g/mol. The molecule has 1 atom stereocenters. The maximum atomic E-state index is 12.5. The van der Waals surface area contributed by atoms with Gasteiger partial charge in [0, 0.05) is 11.8 Å². The number of carbonyl (C=O) groups excluding carboxylic acids is 2. The highest BCUT2D eigenvalue weighted by molar-refractivity contribution is 5.87. The molecule has 2 aromatic carbocycles. The van der Waals surface area contributed by atoms with Crippen molar-refractivity contribution in [3.05, 3.63) is 59.7 Å². The summed E-state index contributed by atoms with van der Waals surface area (Å²) in [7, 11) is 0. The van der Waals surface area contributed by atoms with Gasteiger partial charge in [-0.25, -0.2) is 9.59 Å². The molecule has 7 heteroatoms. The molecule has 3 rings (SSSR count). The molecule has 0 saturated carbocycles. The zero-order chi connectivity index (χ0) is 23.1. The highest BCUT2D eigenvalue weighted by Crippen LogP contribution is 2.44. The Hall–Kier alpha value is -3.79. The zero-order valence-corrected chi connectivity index (χ0v) is 18.1. The number of aliphatic carboxylic acids is 1. The predicted octanol–water partition coefficient (Wildman–Crippen LogP) is 3.14. The van der Waals surface area contributed by atoms with Gasteiger partial charge in [-0.05, 0) is 34.6 Å². The summed E-state index contributed by atoms with van der Waals surface area (Å²) in [5.74, 6) is 2.63. The van der Waals surface area contributed by atoms with Crippen molar-refractivity contribution in [3.8, 4) is 23.0 Å². The van der Waals surface area contributed by atoms with Gasteiger partial charge in [-0.2, -0.15) is 0 Å². The summed E-state index contributed by atoms with van der Waals surface area (Å²) in [6, 6.07) is 15.3. The molecule has 0 bridgehead atoms. The van der Waals surface area contributed by atoms with Gasteiger partial charge in [0.15, 0.2) is 0 Å². The van der Waals surface area contributed by atoms with E-state index in [9.17, 15) is 14.4 Å². The summed E-state index contributed by atoms with van der Waals surface area (Å²) in [4.78, 5) is 35.4. The SMILES string of the molecule is CC(C)CC(NC(=O)OCC1c2ccccc2-c2ccccc21)C(=O)NCC#CC(=O)O. The summed E-state index contributed by atoms with van der Waals surface area (Å²) in [6.45, 7) is 3.90. The Balaban J connectivity index is 1.62. The van der Waals surface area contributed by atoms with Crippen LogP contribution in [0.3, 0.4) is 0 Å². The third-order valence-corrected chi connectivity index (χ3v) is 5.21. The Morgan fingerprint density at radius 1 is 1.03 bits per heavy atom. The quantitative estimate of drug-likeness (QED) is 0.581. The predicted molar refractivity (Wildman–Crippen MR) is 120 cm³/mol. The number of amides is 2. The molecule has 3 N–H and O–H groups in total. The van der Waals surface area contributed by atoms with Crippen molar-refractivity contribution >= 4 is 18.0 Å². The van der Waals surface area contributed by atoms with E-state index in [0.29, 0.717) is 6.42 Å². The molecule has 0 spiro atoms. The molecular formula is C25H26N2O5. The zero-order valence-electron chi connectivity index (χ0n) is 18.1. The van der Waals surface area contributed by atoms with Gasteiger partial charge >= 0.3 is 12.1 Å². The van der Waals surface area contributed by atoms with E-state index in [0.717, 1.165) is 22.3 Å². The number of carbonyl (C=O) groups is 3. The van der Waals surface area contributed by atoms with E-state index in [1.165, 1.54) is 0 Å². The van der Waals surface area contributed by atoms with Gasteiger partial charge in [-0.15, -0.1) is 0 Å². The van der Waals surface area contributed by atoms with Crippen LogP contribution >= 0.6 is 0 Å². The maximum Gasteiger partial charge on any atom is 0.407 e. The van der Waals surface area contributed by atoms with Crippen LogP contribution in [0.25, 0.3) is 11.1 Å². The standard InChI is InChI=1S/C25H26N2O5/c1-16(2)14-22(24(30)26-13-7-12-23(28)29)27-25(31)32-15-21-19-10-5-3-8-17(19)18-9-4-6-11-20(18)21/h3-6,8-11,16,21-22H,13-15H2,1-2H3,(H,26,30)(H,27,31)(H,28,29). The molecule has 32 heavy (non-hydrogen) atoms. The summed E-state index contributed by atoms with van der Waals surface area (Å²) in [6.07, 6.45) is -0.271. The van der Waals surface area contributed by atoms with Crippen LogP contribution in [0.15, 0.2) is 48.5 Å². The maximum absolute atomic E-state index is 12.5. The van der Waals surface area contributed by atoms with E-state index in [-0.39, 0.29) is 25.0 Å². The highest BCUT2D eigenvalue weighted by atomic mass is 16.5. The first-order chi connectivity index (χ1) is 15.4. The molecule has 0 radical (unpaired) electrons. The minimum absolute atomic E-state index is 0.0724. The van der Waals surface area contributed by atoms with Crippen LogP contribution in [-0.4, -0.2) is 42.3 Å². The van der Waals surface area contributed by atoms with E-state index >= 15 is 0 Å². The molecule has 0 fully saturated rings. The van der Waals surface area contributed by atoms with Crippen molar-refractivity contribution < 1.29 is 24.2 Å². The lowest BCUT2D eigenvalue weighted by molar-refractivity contribution is -0.130. The van der Waals surface area contributed by atoms with E-state index in [2.05, 4.69) is 28.7 Å².